The molecule has 0 aliphatic carbocycles. The van der Waals surface area contributed by atoms with Crippen molar-refractivity contribution in [2.45, 2.75) is 6.54 Å². The van der Waals surface area contributed by atoms with Gasteiger partial charge in [-0.25, -0.2) is 9.18 Å². The Labute approximate surface area is 133 Å². The summed E-state index contributed by atoms with van der Waals surface area (Å²) in [6.07, 6.45) is 0. The number of rotatable bonds is 4. The van der Waals surface area contributed by atoms with Crippen LogP contribution < -0.4 is 11.1 Å². The minimum Gasteiger partial charge on any atom is -0.351 e. The molecule has 0 aromatic heterocycles. The maximum atomic E-state index is 13.8. The number of primary amides is 1. The highest BCUT2D eigenvalue weighted by molar-refractivity contribution is 6.31. The fourth-order valence-corrected chi connectivity index (χ4v) is 2.62. The molecule has 0 atom stereocenters. The highest BCUT2D eigenvalue weighted by Gasteiger charge is 2.21. The third-order valence-electron chi connectivity index (χ3n) is 3.54. The quantitative estimate of drug-likeness (QED) is 0.856. The number of nitrogens with one attached hydrogen (secondary N) is 1. The van der Waals surface area contributed by atoms with E-state index in [4.69, 9.17) is 17.3 Å². The maximum Gasteiger partial charge on any atom is 0.318 e. The molecule has 0 radical (unpaired) electrons. The van der Waals surface area contributed by atoms with Crippen molar-refractivity contribution in [2.75, 3.05) is 32.7 Å². The van der Waals surface area contributed by atoms with Crippen LogP contribution in [0, 0.1) is 5.82 Å². The third-order valence-corrected chi connectivity index (χ3v) is 3.89. The van der Waals surface area contributed by atoms with E-state index in [2.05, 4.69) is 4.90 Å². The highest BCUT2D eigenvalue weighted by Crippen LogP contribution is 2.21. The molecule has 0 unspecified atom stereocenters. The summed E-state index contributed by atoms with van der Waals surface area (Å²) in [5.74, 6) is -0.728. The number of carbonyl (C=O) groups is 2. The number of piperazine rings is 1. The zero-order valence-electron chi connectivity index (χ0n) is 12.0. The maximum absolute atomic E-state index is 13.8. The lowest BCUT2D eigenvalue weighted by Gasteiger charge is -2.34. The molecule has 1 fully saturated rings. The van der Waals surface area contributed by atoms with Crippen LogP contribution in [0.1, 0.15) is 5.56 Å². The summed E-state index contributed by atoms with van der Waals surface area (Å²) in [5, 5.41) is 2.45. The van der Waals surface area contributed by atoms with Gasteiger partial charge in [-0.3, -0.25) is 19.9 Å². The molecule has 8 heteroatoms. The molecule has 0 spiro atoms. The highest BCUT2D eigenvalue weighted by atomic mass is 35.5. The summed E-state index contributed by atoms with van der Waals surface area (Å²) in [7, 11) is 0. The second-order valence-corrected chi connectivity index (χ2v) is 5.57. The van der Waals surface area contributed by atoms with Crippen LogP contribution in [-0.4, -0.2) is 54.5 Å². The predicted molar refractivity (Wildman–Crippen MR) is 80.9 cm³/mol. The van der Waals surface area contributed by atoms with E-state index in [1.54, 1.807) is 12.1 Å². The van der Waals surface area contributed by atoms with E-state index in [0.717, 1.165) is 0 Å². The van der Waals surface area contributed by atoms with Gasteiger partial charge in [0.25, 0.3) is 0 Å². The first kappa shape index (κ1) is 16.7. The lowest BCUT2D eigenvalue weighted by molar-refractivity contribution is -0.121. The molecule has 1 aromatic carbocycles. The number of halogens is 2. The van der Waals surface area contributed by atoms with Gasteiger partial charge in [0.15, 0.2) is 0 Å². The number of urea groups is 1. The molecule has 1 aromatic rings. The van der Waals surface area contributed by atoms with E-state index in [0.29, 0.717) is 43.3 Å². The average Bonchev–Trinajstić information content (AvgIpc) is 2.44. The number of carbonyl (C=O) groups excluding carboxylic acids is 2. The molecule has 3 amide bonds. The molecule has 0 bridgehead atoms. The van der Waals surface area contributed by atoms with Gasteiger partial charge in [-0.15, -0.1) is 0 Å². The number of amides is 3. The Balaban J connectivity index is 1.82. The molecular formula is C14H18ClFN4O2. The van der Waals surface area contributed by atoms with Crippen LogP contribution in [-0.2, 0) is 11.3 Å². The van der Waals surface area contributed by atoms with E-state index in [9.17, 15) is 14.0 Å². The summed E-state index contributed by atoms with van der Waals surface area (Å²) < 4.78 is 13.8. The van der Waals surface area contributed by atoms with Gasteiger partial charge < -0.3 is 5.73 Å². The van der Waals surface area contributed by atoms with Crippen LogP contribution in [0.25, 0.3) is 0 Å². The number of benzene rings is 1. The molecule has 1 aliphatic rings. The van der Waals surface area contributed by atoms with Gasteiger partial charge in [-0.05, 0) is 12.1 Å². The van der Waals surface area contributed by atoms with Gasteiger partial charge >= 0.3 is 6.03 Å². The molecule has 1 aliphatic heterocycles. The Morgan fingerprint density at radius 1 is 1.23 bits per heavy atom. The lowest BCUT2D eigenvalue weighted by atomic mass is 10.2. The van der Waals surface area contributed by atoms with Gasteiger partial charge in [0, 0.05) is 43.3 Å². The monoisotopic (exact) mass is 328 g/mol. The van der Waals surface area contributed by atoms with Crippen molar-refractivity contribution >= 4 is 23.5 Å². The SMILES string of the molecule is NC(=O)NC(=O)CN1CCN(Cc2c(F)cccc2Cl)CC1. The standard InChI is InChI=1S/C14H18ClFN4O2/c15-11-2-1-3-12(16)10(11)8-19-4-6-20(7-5-19)9-13(21)18-14(17)22/h1-3H,4-9H2,(H3,17,18,21,22). The molecule has 2 rings (SSSR count). The van der Waals surface area contributed by atoms with E-state index >= 15 is 0 Å². The summed E-state index contributed by atoms with van der Waals surface area (Å²) in [6, 6.07) is 3.80. The smallest absolute Gasteiger partial charge is 0.318 e. The van der Waals surface area contributed by atoms with Crippen LogP contribution in [0.15, 0.2) is 18.2 Å². The van der Waals surface area contributed by atoms with Crippen LogP contribution in [0.5, 0.6) is 0 Å². The van der Waals surface area contributed by atoms with Crippen molar-refractivity contribution in [1.29, 1.82) is 0 Å². The Hall–Kier alpha value is -1.70. The first-order valence-corrected chi connectivity index (χ1v) is 7.30. The van der Waals surface area contributed by atoms with Crippen molar-refractivity contribution in [3.8, 4) is 0 Å². The predicted octanol–water partition coefficient (Wildman–Crippen LogP) is 0.792. The zero-order chi connectivity index (χ0) is 16.1. The van der Waals surface area contributed by atoms with Gasteiger partial charge in [-0.2, -0.15) is 0 Å². The summed E-state index contributed by atoms with van der Waals surface area (Å²) in [6.45, 7) is 3.24. The number of nitrogens with zero attached hydrogens (tertiary/aromatic N) is 2. The second kappa shape index (κ2) is 7.53. The van der Waals surface area contributed by atoms with Crippen molar-refractivity contribution in [1.82, 2.24) is 15.1 Å². The molecule has 0 saturated carbocycles. The summed E-state index contributed by atoms with van der Waals surface area (Å²) >= 11 is 6.02. The first-order chi connectivity index (χ1) is 10.5. The van der Waals surface area contributed by atoms with Crippen LogP contribution in [0.2, 0.25) is 5.02 Å². The molecule has 6 nitrogen and oxygen atoms in total. The van der Waals surface area contributed by atoms with Crippen molar-refractivity contribution in [3.63, 3.8) is 0 Å². The normalized spacial score (nSPS) is 16.5. The fourth-order valence-electron chi connectivity index (χ4n) is 2.39. The molecule has 1 heterocycles. The molecule has 3 N–H and O–H groups in total. The van der Waals surface area contributed by atoms with E-state index in [-0.39, 0.29) is 12.4 Å². The average molecular weight is 329 g/mol. The Morgan fingerprint density at radius 3 is 2.45 bits per heavy atom. The van der Waals surface area contributed by atoms with E-state index in [1.807, 2.05) is 10.2 Å². The molecule has 120 valence electrons. The summed E-state index contributed by atoms with van der Waals surface area (Å²) in [4.78, 5) is 26.0. The minimum atomic E-state index is -0.849. The van der Waals surface area contributed by atoms with Crippen molar-refractivity contribution < 1.29 is 14.0 Å². The van der Waals surface area contributed by atoms with Gasteiger partial charge in [0.1, 0.15) is 5.82 Å². The number of imide groups is 1. The Bertz CT molecular complexity index is 542. The topological polar surface area (TPSA) is 78.7 Å². The van der Waals surface area contributed by atoms with Crippen molar-refractivity contribution in [2.24, 2.45) is 5.73 Å². The zero-order valence-corrected chi connectivity index (χ0v) is 12.8. The Morgan fingerprint density at radius 2 is 1.86 bits per heavy atom. The molecule has 22 heavy (non-hydrogen) atoms. The third kappa shape index (κ3) is 4.66. The first-order valence-electron chi connectivity index (χ1n) is 6.92. The van der Waals surface area contributed by atoms with E-state index in [1.165, 1.54) is 6.07 Å². The Kier molecular flexibility index (Phi) is 5.70. The fraction of sp³-hybridized carbons (Fsp3) is 0.429. The number of nitrogens with two attached hydrogens (primary N) is 1. The molecule has 1 saturated heterocycles. The second-order valence-electron chi connectivity index (χ2n) is 5.16. The number of hydrogen-bond donors (Lipinski definition) is 2. The molecular weight excluding hydrogens is 311 g/mol. The summed E-state index contributed by atoms with van der Waals surface area (Å²) in [5.41, 5.74) is 5.38. The van der Waals surface area contributed by atoms with Crippen molar-refractivity contribution in [3.05, 3.63) is 34.6 Å². The largest absolute Gasteiger partial charge is 0.351 e. The van der Waals surface area contributed by atoms with Gasteiger partial charge in [-0.1, -0.05) is 17.7 Å². The number of hydrogen-bond acceptors (Lipinski definition) is 4. The van der Waals surface area contributed by atoms with Crippen LogP contribution in [0.3, 0.4) is 0 Å². The van der Waals surface area contributed by atoms with Gasteiger partial charge in [0.2, 0.25) is 5.91 Å². The lowest BCUT2D eigenvalue weighted by Crippen LogP contribution is -2.50. The van der Waals surface area contributed by atoms with E-state index < -0.39 is 11.9 Å². The van der Waals surface area contributed by atoms with Gasteiger partial charge in [0.05, 0.1) is 6.54 Å². The van der Waals surface area contributed by atoms with Crippen LogP contribution in [0.4, 0.5) is 9.18 Å². The van der Waals surface area contributed by atoms with Crippen LogP contribution >= 0.6 is 11.6 Å². The minimum absolute atomic E-state index is 0.122.